The maximum atomic E-state index is 12.3. The highest BCUT2D eigenvalue weighted by Crippen LogP contribution is 2.21. The number of carbonyl (C=O) groups is 1. The first kappa shape index (κ1) is 24.9. The Morgan fingerprint density at radius 2 is 1.65 bits per heavy atom. The zero-order valence-corrected chi connectivity index (χ0v) is 20.1. The van der Waals surface area contributed by atoms with Crippen LogP contribution in [0, 0.1) is 18.3 Å². The summed E-state index contributed by atoms with van der Waals surface area (Å²) in [4.78, 5) is 12.3. The molecule has 0 fully saturated rings. The molecular formula is C23H22N4O5S2. The zero-order valence-electron chi connectivity index (χ0n) is 18.5. The third-order valence-corrected chi connectivity index (χ3v) is 6.86. The lowest BCUT2D eigenvalue weighted by atomic mass is 10.1. The Kier molecular flexibility index (Phi) is 8.34. The molecule has 0 bridgehead atoms. The molecule has 0 aliphatic carbocycles. The van der Waals surface area contributed by atoms with Crippen LogP contribution in [0.25, 0.3) is 6.08 Å². The summed E-state index contributed by atoms with van der Waals surface area (Å²) < 4.78 is 34.1. The van der Waals surface area contributed by atoms with Crippen molar-refractivity contribution in [2.75, 3.05) is 24.8 Å². The van der Waals surface area contributed by atoms with Crippen LogP contribution in [-0.4, -0.2) is 44.0 Å². The van der Waals surface area contributed by atoms with Gasteiger partial charge in [0.05, 0.1) is 13.2 Å². The molecule has 0 saturated heterocycles. The molecule has 34 heavy (non-hydrogen) atoms. The van der Waals surface area contributed by atoms with Crippen LogP contribution in [0.15, 0.2) is 58.4 Å². The molecule has 0 aliphatic rings. The van der Waals surface area contributed by atoms with E-state index in [2.05, 4.69) is 15.5 Å². The van der Waals surface area contributed by atoms with E-state index in [-0.39, 0.29) is 15.0 Å². The van der Waals surface area contributed by atoms with E-state index >= 15 is 0 Å². The van der Waals surface area contributed by atoms with Crippen LogP contribution >= 0.6 is 11.3 Å². The quantitative estimate of drug-likeness (QED) is 0.194. The number of amides is 1. The van der Waals surface area contributed by atoms with Crippen molar-refractivity contribution in [2.45, 2.75) is 17.7 Å². The number of nitrogens with zero attached hydrogens (tertiary/aromatic N) is 3. The highest BCUT2D eigenvalue weighted by atomic mass is 32.2. The van der Waals surface area contributed by atoms with Crippen LogP contribution in [0.2, 0.25) is 0 Å². The predicted octanol–water partition coefficient (Wildman–Crippen LogP) is 3.64. The second-order valence-corrected chi connectivity index (χ2v) is 10.4. The van der Waals surface area contributed by atoms with Crippen molar-refractivity contribution in [3.05, 3.63) is 65.2 Å². The van der Waals surface area contributed by atoms with E-state index in [1.165, 1.54) is 11.6 Å². The van der Waals surface area contributed by atoms with Gasteiger partial charge >= 0.3 is 0 Å². The number of rotatable bonds is 10. The number of ether oxygens (including phenoxy) is 2. The number of hydrogen-bond donors (Lipinski definition) is 1. The first-order valence-corrected chi connectivity index (χ1v) is 12.8. The molecule has 1 heterocycles. The number of sulfone groups is 1. The maximum absolute atomic E-state index is 12.3. The van der Waals surface area contributed by atoms with Crippen LogP contribution in [0.5, 0.6) is 11.5 Å². The molecule has 0 unspecified atom stereocenters. The van der Waals surface area contributed by atoms with E-state index in [1.54, 1.807) is 24.3 Å². The Morgan fingerprint density at radius 1 is 1.06 bits per heavy atom. The van der Waals surface area contributed by atoms with Gasteiger partial charge in [0.1, 0.15) is 23.1 Å². The van der Waals surface area contributed by atoms with Crippen LogP contribution in [0.3, 0.4) is 0 Å². The fourth-order valence-electron chi connectivity index (χ4n) is 2.62. The fourth-order valence-corrected chi connectivity index (χ4v) is 4.13. The molecule has 0 radical (unpaired) electrons. The number of hydrogen-bond acceptors (Lipinski definition) is 9. The molecule has 1 amide bonds. The van der Waals surface area contributed by atoms with Gasteiger partial charge in [-0.05, 0) is 42.8 Å². The predicted molar refractivity (Wildman–Crippen MR) is 128 cm³/mol. The molecule has 1 aromatic heterocycles. The van der Waals surface area contributed by atoms with Gasteiger partial charge in [0, 0.05) is 12.7 Å². The number of anilines is 1. The average molecular weight is 499 g/mol. The molecule has 3 aromatic rings. The molecule has 0 aliphatic heterocycles. The Labute approximate surface area is 201 Å². The van der Waals surface area contributed by atoms with E-state index in [0.717, 1.165) is 12.0 Å². The second-order valence-electron chi connectivity index (χ2n) is 7.20. The van der Waals surface area contributed by atoms with Crippen molar-refractivity contribution in [3.8, 4) is 17.6 Å². The minimum Gasteiger partial charge on any atom is -0.493 e. The summed E-state index contributed by atoms with van der Waals surface area (Å²) in [7, 11) is -3.53. The molecule has 11 heteroatoms. The molecule has 2 aromatic carbocycles. The number of carbonyl (C=O) groups excluding carboxylic acids is 1. The summed E-state index contributed by atoms with van der Waals surface area (Å²) in [5.41, 5.74) is 1.63. The Balaban J connectivity index is 1.49. The van der Waals surface area contributed by atoms with Gasteiger partial charge in [-0.3, -0.25) is 10.1 Å². The van der Waals surface area contributed by atoms with Gasteiger partial charge in [0.25, 0.3) is 5.91 Å². The summed E-state index contributed by atoms with van der Waals surface area (Å²) in [5, 5.41) is 18.8. The smallest absolute Gasteiger partial charge is 0.268 e. The lowest BCUT2D eigenvalue weighted by Gasteiger charge is -2.08. The Hall–Kier alpha value is -3.75. The molecule has 176 valence electrons. The molecule has 3 rings (SSSR count). The Morgan fingerprint density at radius 3 is 2.18 bits per heavy atom. The molecule has 0 saturated carbocycles. The maximum Gasteiger partial charge on any atom is 0.268 e. The number of aryl methyl sites for hydroxylation is 1. The monoisotopic (exact) mass is 498 g/mol. The van der Waals surface area contributed by atoms with Crippen molar-refractivity contribution in [3.63, 3.8) is 0 Å². The first-order valence-electron chi connectivity index (χ1n) is 10.1. The van der Waals surface area contributed by atoms with Crippen molar-refractivity contribution in [2.24, 2.45) is 0 Å². The molecule has 1 N–H and O–H groups in total. The lowest BCUT2D eigenvalue weighted by molar-refractivity contribution is -0.112. The minimum absolute atomic E-state index is 0.0123. The molecule has 0 atom stereocenters. The number of benzene rings is 2. The first-order chi connectivity index (χ1) is 16.2. The molecule has 0 spiro atoms. The van der Waals surface area contributed by atoms with Gasteiger partial charge in [-0.25, -0.2) is 8.42 Å². The third kappa shape index (κ3) is 7.40. The van der Waals surface area contributed by atoms with E-state index in [1.807, 2.05) is 37.3 Å². The van der Waals surface area contributed by atoms with Gasteiger partial charge < -0.3 is 9.47 Å². The average Bonchev–Trinajstić information content (AvgIpc) is 3.28. The summed E-state index contributed by atoms with van der Waals surface area (Å²) in [6.45, 7) is 3.03. The molecular weight excluding hydrogens is 476 g/mol. The zero-order chi connectivity index (χ0) is 24.6. The SMILES string of the molecule is Cc1ccc(OCCCOc2ccc(C=C(C#N)C(=O)Nc3nnc(S(C)(=O)=O)s3)cc2)cc1. The van der Waals surface area contributed by atoms with E-state index in [9.17, 15) is 18.5 Å². The van der Waals surface area contributed by atoms with Crippen molar-refractivity contribution in [1.29, 1.82) is 5.26 Å². The highest BCUT2D eigenvalue weighted by molar-refractivity contribution is 7.92. The van der Waals surface area contributed by atoms with Gasteiger partial charge in [0.2, 0.25) is 19.3 Å². The van der Waals surface area contributed by atoms with Gasteiger partial charge in [-0.15, -0.1) is 10.2 Å². The largest absolute Gasteiger partial charge is 0.493 e. The van der Waals surface area contributed by atoms with Crippen LogP contribution in [-0.2, 0) is 14.6 Å². The van der Waals surface area contributed by atoms with Gasteiger partial charge in [-0.1, -0.05) is 41.2 Å². The topological polar surface area (TPSA) is 131 Å². The molecule has 9 nitrogen and oxygen atoms in total. The minimum atomic E-state index is -3.53. The summed E-state index contributed by atoms with van der Waals surface area (Å²) >= 11 is 0.710. The van der Waals surface area contributed by atoms with Crippen LogP contribution < -0.4 is 14.8 Å². The second kappa shape index (κ2) is 11.4. The van der Waals surface area contributed by atoms with Crippen molar-refractivity contribution >= 4 is 38.3 Å². The van der Waals surface area contributed by atoms with E-state index in [0.29, 0.717) is 42.3 Å². The van der Waals surface area contributed by atoms with Gasteiger partial charge in [0.15, 0.2) is 0 Å². The van der Waals surface area contributed by atoms with Crippen LogP contribution in [0.4, 0.5) is 5.13 Å². The standard InChI is InChI=1S/C23H22N4O5S2/c1-16-4-8-19(9-5-16)31-12-3-13-32-20-10-6-17(7-11-20)14-18(15-24)21(28)25-22-26-27-23(33-22)34(2,29)30/h4-11,14H,3,12-13H2,1-2H3,(H,25,26,28). The number of nitriles is 1. The normalized spacial score (nSPS) is 11.5. The number of aromatic nitrogens is 2. The van der Waals surface area contributed by atoms with Crippen LogP contribution in [0.1, 0.15) is 17.5 Å². The van der Waals surface area contributed by atoms with Gasteiger partial charge in [-0.2, -0.15) is 5.26 Å². The fraction of sp³-hybridized carbons (Fsp3) is 0.217. The van der Waals surface area contributed by atoms with Crippen molar-refractivity contribution in [1.82, 2.24) is 10.2 Å². The third-order valence-electron chi connectivity index (χ3n) is 4.35. The van der Waals surface area contributed by atoms with Crippen molar-refractivity contribution < 1.29 is 22.7 Å². The lowest BCUT2D eigenvalue weighted by Crippen LogP contribution is -2.13. The van der Waals surface area contributed by atoms with E-state index in [4.69, 9.17) is 9.47 Å². The highest BCUT2D eigenvalue weighted by Gasteiger charge is 2.17. The Bertz CT molecular complexity index is 1310. The summed E-state index contributed by atoms with van der Waals surface area (Å²) in [5.74, 6) is 0.756. The summed E-state index contributed by atoms with van der Waals surface area (Å²) in [6, 6.07) is 16.6. The summed E-state index contributed by atoms with van der Waals surface area (Å²) in [6.07, 6.45) is 3.11. The van der Waals surface area contributed by atoms with E-state index < -0.39 is 15.7 Å². The number of nitrogens with one attached hydrogen (secondary N) is 1.